The lowest BCUT2D eigenvalue weighted by molar-refractivity contribution is -0.121. The highest BCUT2D eigenvalue weighted by Crippen LogP contribution is 2.29. The Morgan fingerprint density at radius 2 is 1.80 bits per heavy atom. The fourth-order valence-electron chi connectivity index (χ4n) is 4.75. The summed E-state index contributed by atoms with van der Waals surface area (Å²) >= 11 is 0. The minimum Gasteiger partial charge on any atom is -0.365 e. The van der Waals surface area contributed by atoms with Crippen LogP contribution in [0.2, 0.25) is 0 Å². The lowest BCUT2D eigenvalue weighted by Crippen LogP contribution is -2.42. The van der Waals surface area contributed by atoms with Crippen LogP contribution < -0.4 is 5.32 Å². The van der Waals surface area contributed by atoms with Gasteiger partial charge in [0.15, 0.2) is 5.69 Å². The third-order valence-electron chi connectivity index (χ3n) is 6.96. The van der Waals surface area contributed by atoms with E-state index in [1.54, 1.807) is 23.4 Å². The molecule has 0 spiro atoms. The van der Waals surface area contributed by atoms with Crippen LogP contribution in [-0.2, 0) is 29.1 Å². The summed E-state index contributed by atoms with van der Waals surface area (Å²) in [5.74, 6) is -0.536. The number of anilines is 1. The number of nitrogens with zero attached hydrogens (tertiary/aromatic N) is 3. The second-order valence-electron chi connectivity index (χ2n) is 9.15. The van der Waals surface area contributed by atoms with Gasteiger partial charge in [-0.05, 0) is 54.7 Å². The summed E-state index contributed by atoms with van der Waals surface area (Å²) in [5.41, 5.74) is 4.08. The average Bonchev–Trinajstić information content (AvgIpc) is 3.32. The second-order valence-corrected chi connectivity index (χ2v) is 9.15. The van der Waals surface area contributed by atoms with Crippen molar-refractivity contribution < 1.29 is 18.7 Å². The third-order valence-corrected chi connectivity index (χ3v) is 6.96. The van der Waals surface area contributed by atoms with E-state index in [1.807, 2.05) is 28.8 Å². The summed E-state index contributed by atoms with van der Waals surface area (Å²) in [5, 5.41) is 3.00. The van der Waals surface area contributed by atoms with Crippen molar-refractivity contribution in [3.63, 3.8) is 0 Å². The van der Waals surface area contributed by atoms with E-state index in [9.17, 15) is 14.0 Å². The number of hydrogen-bond acceptors (Lipinski definition) is 4. The van der Waals surface area contributed by atoms with E-state index in [0.29, 0.717) is 38.2 Å². The summed E-state index contributed by atoms with van der Waals surface area (Å²) < 4.78 is 21.2. The van der Waals surface area contributed by atoms with Crippen molar-refractivity contribution in [1.82, 2.24) is 14.5 Å². The van der Waals surface area contributed by atoms with Gasteiger partial charge in [-0.25, -0.2) is 9.37 Å². The molecular formula is C27H29FN4O3. The first kappa shape index (κ1) is 23.2. The van der Waals surface area contributed by atoms with Crippen molar-refractivity contribution in [2.24, 2.45) is 5.92 Å². The van der Waals surface area contributed by atoms with Gasteiger partial charge in [-0.2, -0.15) is 0 Å². The van der Waals surface area contributed by atoms with E-state index < -0.39 is 0 Å². The smallest absolute Gasteiger partial charge is 0.274 e. The first-order valence-electron chi connectivity index (χ1n) is 12.1. The fraction of sp³-hybridized carbons (Fsp3) is 0.370. The number of carbonyl (C=O) groups excluding carboxylic acids is 2. The topological polar surface area (TPSA) is 76.5 Å². The maximum atomic E-state index is 13.2. The van der Waals surface area contributed by atoms with Crippen LogP contribution in [0.1, 0.15) is 53.2 Å². The molecule has 3 aromatic rings. The molecule has 2 aromatic carbocycles. The Morgan fingerprint density at radius 1 is 1.09 bits per heavy atom. The van der Waals surface area contributed by atoms with Crippen molar-refractivity contribution in [3.05, 3.63) is 83.2 Å². The Bertz CT molecular complexity index is 1200. The molecule has 5 rings (SSSR count). The molecule has 182 valence electrons. The Hall–Kier alpha value is -3.52. The van der Waals surface area contributed by atoms with Crippen molar-refractivity contribution in [1.29, 1.82) is 0 Å². The predicted octanol–water partition coefficient (Wildman–Crippen LogP) is 4.35. The van der Waals surface area contributed by atoms with Crippen molar-refractivity contribution in [3.8, 4) is 0 Å². The van der Waals surface area contributed by atoms with Gasteiger partial charge >= 0.3 is 0 Å². The number of benzene rings is 2. The largest absolute Gasteiger partial charge is 0.365 e. The molecule has 1 fully saturated rings. The number of fused-ring (bicyclic) bond motifs is 1. The molecule has 35 heavy (non-hydrogen) atoms. The molecule has 0 radical (unpaired) electrons. The fourth-order valence-corrected chi connectivity index (χ4v) is 4.75. The number of aryl methyl sites for hydroxylation is 1. The van der Waals surface area contributed by atoms with Crippen molar-refractivity contribution >= 4 is 17.5 Å². The molecule has 2 aliphatic rings. The van der Waals surface area contributed by atoms with E-state index in [1.165, 1.54) is 17.7 Å². The Labute approximate surface area is 203 Å². The summed E-state index contributed by atoms with van der Waals surface area (Å²) in [6, 6.07) is 14.2. The lowest BCUT2D eigenvalue weighted by Gasteiger charge is -2.31. The Balaban J connectivity index is 1.17. The molecule has 3 heterocycles. The molecular weight excluding hydrogens is 447 g/mol. The third kappa shape index (κ3) is 4.98. The van der Waals surface area contributed by atoms with E-state index in [-0.39, 0.29) is 36.3 Å². The first-order valence-corrected chi connectivity index (χ1v) is 12.1. The van der Waals surface area contributed by atoms with E-state index in [4.69, 9.17) is 4.74 Å². The first-order chi connectivity index (χ1) is 17.0. The molecule has 0 bridgehead atoms. The Kier molecular flexibility index (Phi) is 6.63. The average molecular weight is 477 g/mol. The standard InChI is InChI=1S/C27H29FN4O3/c1-2-18-3-9-22(10-4-18)30-26(33)20-11-13-31(14-12-20)27(34)25-23-16-35-24(15-32(23)17-29-25)19-5-7-21(28)8-6-19/h3-10,17,20,24H,2,11-16H2,1H3,(H,30,33)/t24-/m1/s1. The van der Waals surface area contributed by atoms with Crippen LogP contribution >= 0.6 is 0 Å². The normalized spacial score (nSPS) is 18.2. The number of aromatic nitrogens is 2. The number of rotatable bonds is 5. The lowest BCUT2D eigenvalue weighted by atomic mass is 9.95. The number of hydrogen-bond donors (Lipinski definition) is 1. The number of carbonyl (C=O) groups is 2. The molecule has 1 N–H and O–H groups in total. The Morgan fingerprint density at radius 3 is 2.49 bits per heavy atom. The molecule has 0 aliphatic carbocycles. The zero-order chi connectivity index (χ0) is 24.4. The van der Waals surface area contributed by atoms with Crippen LogP contribution in [0.25, 0.3) is 0 Å². The van der Waals surface area contributed by atoms with Crippen LogP contribution in [0.15, 0.2) is 54.9 Å². The van der Waals surface area contributed by atoms with Crippen molar-refractivity contribution in [2.45, 2.75) is 45.4 Å². The number of imidazole rings is 1. The monoisotopic (exact) mass is 476 g/mol. The van der Waals surface area contributed by atoms with Gasteiger partial charge in [0.2, 0.25) is 5.91 Å². The van der Waals surface area contributed by atoms with Gasteiger partial charge in [0.1, 0.15) is 11.9 Å². The number of halogens is 1. The number of piperidine rings is 1. The molecule has 8 heteroatoms. The summed E-state index contributed by atoms with van der Waals surface area (Å²) in [4.78, 5) is 32.1. The minimum absolute atomic E-state index is 0.000883. The highest BCUT2D eigenvalue weighted by molar-refractivity contribution is 5.95. The maximum Gasteiger partial charge on any atom is 0.274 e. The highest BCUT2D eigenvalue weighted by atomic mass is 19.1. The second kappa shape index (κ2) is 10.00. The van der Waals surface area contributed by atoms with Gasteiger partial charge in [-0.15, -0.1) is 0 Å². The number of amides is 2. The van der Waals surface area contributed by atoms with Crippen LogP contribution in [0.5, 0.6) is 0 Å². The van der Waals surface area contributed by atoms with Crippen LogP contribution in [0.4, 0.5) is 10.1 Å². The summed E-state index contributed by atoms with van der Waals surface area (Å²) in [6.45, 7) is 3.90. The molecule has 2 amide bonds. The molecule has 7 nitrogen and oxygen atoms in total. The van der Waals surface area contributed by atoms with Gasteiger partial charge in [0.05, 0.1) is 25.2 Å². The van der Waals surface area contributed by atoms with Crippen LogP contribution in [0.3, 0.4) is 0 Å². The molecule has 2 aliphatic heterocycles. The van der Waals surface area contributed by atoms with Gasteiger partial charge in [-0.1, -0.05) is 31.2 Å². The number of nitrogens with one attached hydrogen (secondary N) is 1. The quantitative estimate of drug-likeness (QED) is 0.594. The summed E-state index contributed by atoms with van der Waals surface area (Å²) in [6.07, 6.45) is 3.65. The van der Waals surface area contributed by atoms with Gasteiger partial charge in [-0.3, -0.25) is 9.59 Å². The highest BCUT2D eigenvalue weighted by Gasteiger charge is 2.32. The zero-order valence-electron chi connectivity index (χ0n) is 19.7. The summed E-state index contributed by atoms with van der Waals surface area (Å²) in [7, 11) is 0. The molecule has 0 saturated carbocycles. The molecule has 0 unspecified atom stereocenters. The number of likely N-dealkylation sites (tertiary alicyclic amines) is 1. The van der Waals surface area contributed by atoms with Crippen molar-refractivity contribution in [2.75, 3.05) is 18.4 Å². The molecule has 1 aromatic heterocycles. The molecule has 1 saturated heterocycles. The van der Waals surface area contributed by atoms with Gasteiger partial charge < -0.3 is 19.5 Å². The molecule has 1 atom stereocenters. The predicted molar refractivity (Wildman–Crippen MR) is 129 cm³/mol. The van der Waals surface area contributed by atoms with E-state index in [0.717, 1.165) is 23.4 Å². The zero-order valence-corrected chi connectivity index (χ0v) is 19.7. The van der Waals surface area contributed by atoms with Gasteiger partial charge in [0.25, 0.3) is 5.91 Å². The van der Waals surface area contributed by atoms with Crippen LogP contribution in [0, 0.1) is 11.7 Å². The SMILES string of the molecule is CCc1ccc(NC(=O)C2CCN(C(=O)c3ncn4c3CO[C@@H](c3ccc(F)cc3)C4)CC2)cc1. The van der Waals surface area contributed by atoms with Gasteiger partial charge in [0, 0.05) is 24.7 Å². The number of ether oxygens (including phenoxy) is 1. The maximum absolute atomic E-state index is 13.2. The van der Waals surface area contributed by atoms with E-state index in [2.05, 4.69) is 17.2 Å². The van der Waals surface area contributed by atoms with Crippen LogP contribution in [-0.4, -0.2) is 39.4 Å². The minimum atomic E-state index is -0.285. The van der Waals surface area contributed by atoms with E-state index >= 15 is 0 Å².